The number of nitrogens with zero attached hydrogens (tertiary/aromatic N) is 1. The number of rotatable bonds is 0. The Kier molecular flexibility index (Phi) is 1.88. The van der Waals surface area contributed by atoms with Gasteiger partial charge in [-0.05, 0) is 0 Å². The molecule has 0 saturated carbocycles. The first kappa shape index (κ1) is 7.28. The zero-order valence-electron chi connectivity index (χ0n) is 5.36. The van der Waals surface area contributed by atoms with E-state index >= 15 is 0 Å². The summed E-state index contributed by atoms with van der Waals surface area (Å²) >= 11 is 0. The molecule has 5 nitrogen and oxygen atoms in total. The van der Waals surface area contributed by atoms with Crippen LogP contribution in [0.15, 0.2) is 12.0 Å². The Morgan fingerprint density at radius 1 is 1.36 bits per heavy atom. The minimum absolute atomic E-state index is 0.353. The third-order valence-electron chi connectivity index (χ3n) is 0.900. The van der Waals surface area contributed by atoms with Gasteiger partial charge in [-0.3, -0.25) is 9.59 Å². The van der Waals surface area contributed by atoms with Crippen molar-refractivity contribution < 1.29 is 19.1 Å². The van der Waals surface area contributed by atoms with Gasteiger partial charge in [0.15, 0.2) is 0 Å². The van der Waals surface area contributed by atoms with Crippen molar-refractivity contribution in [2.24, 2.45) is 0 Å². The third kappa shape index (κ3) is 1.79. The first-order chi connectivity index (χ1) is 5.22. The number of allylic oxidation sites excluding steroid dienone is 1. The summed E-state index contributed by atoms with van der Waals surface area (Å²) in [5.74, 6) is -1.76. The Morgan fingerprint density at radius 2 is 1.91 bits per heavy atom. The van der Waals surface area contributed by atoms with Crippen molar-refractivity contribution in [1.29, 1.82) is 5.26 Å². The van der Waals surface area contributed by atoms with Gasteiger partial charge in [-0.25, -0.2) is 0 Å². The minimum Gasteiger partial charge on any atom is -0.392 e. The van der Waals surface area contributed by atoms with Crippen LogP contribution >= 0.6 is 0 Å². The highest BCUT2D eigenvalue weighted by Crippen LogP contribution is 2.10. The summed E-state index contributed by atoms with van der Waals surface area (Å²) in [7, 11) is 0. The number of esters is 2. The van der Waals surface area contributed by atoms with E-state index in [2.05, 4.69) is 9.47 Å². The molecule has 0 atom stereocenters. The van der Waals surface area contributed by atoms with Crippen molar-refractivity contribution in [3.05, 3.63) is 12.0 Å². The Bertz CT molecular complexity index is 255. The van der Waals surface area contributed by atoms with Crippen LogP contribution in [0.25, 0.3) is 0 Å². The van der Waals surface area contributed by atoms with Crippen LogP contribution in [-0.4, -0.2) is 11.9 Å². The van der Waals surface area contributed by atoms with Crippen LogP contribution in [-0.2, 0) is 19.1 Å². The average molecular weight is 153 g/mol. The van der Waals surface area contributed by atoms with E-state index in [1.54, 1.807) is 6.07 Å². The van der Waals surface area contributed by atoms with E-state index in [1.165, 1.54) is 0 Å². The van der Waals surface area contributed by atoms with Crippen molar-refractivity contribution >= 4 is 11.9 Å². The normalized spacial score (nSPS) is 16.5. The lowest BCUT2D eigenvalue weighted by molar-refractivity contribution is -0.166. The molecule has 0 aromatic rings. The van der Waals surface area contributed by atoms with Crippen molar-refractivity contribution in [3.63, 3.8) is 0 Å². The van der Waals surface area contributed by atoms with Gasteiger partial charge < -0.3 is 9.47 Å². The second-order valence-corrected chi connectivity index (χ2v) is 1.72. The molecule has 56 valence electrons. The predicted molar refractivity (Wildman–Crippen MR) is 30.5 cm³/mol. The largest absolute Gasteiger partial charge is 0.392 e. The molecule has 1 rings (SSSR count). The van der Waals surface area contributed by atoms with Gasteiger partial charge in [0.25, 0.3) is 0 Å². The van der Waals surface area contributed by atoms with Gasteiger partial charge >= 0.3 is 17.9 Å². The number of ether oxygens (including phenoxy) is 2. The fraction of sp³-hybridized carbons (Fsp3) is 0.167. The second kappa shape index (κ2) is 2.84. The highest BCUT2D eigenvalue weighted by atomic mass is 16.7. The molecule has 0 spiro atoms. The maximum Gasteiger partial charge on any atom is 0.324 e. The molecule has 0 aromatic heterocycles. The van der Waals surface area contributed by atoms with Gasteiger partial charge in [0.1, 0.15) is 6.42 Å². The first-order valence-corrected chi connectivity index (χ1v) is 2.73. The van der Waals surface area contributed by atoms with Crippen molar-refractivity contribution in [2.75, 3.05) is 0 Å². The molecule has 0 aromatic carbocycles. The molecule has 1 fully saturated rings. The SMILES string of the molecule is N#CC=C1OC(=O)CC(=O)O1. The van der Waals surface area contributed by atoms with Crippen LogP contribution < -0.4 is 0 Å². The molecule has 0 amide bonds. The lowest BCUT2D eigenvalue weighted by Crippen LogP contribution is -2.21. The summed E-state index contributed by atoms with van der Waals surface area (Å²) in [4.78, 5) is 21.0. The predicted octanol–water partition coefficient (Wildman–Crippen LogP) is -0.159. The van der Waals surface area contributed by atoms with Gasteiger partial charge in [0, 0.05) is 0 Å². The molecule has 5 heteroatoms. The van der Waals surface area contributed by atoms with Gasteiger partial charge in [0.2, 0.25) is 0 Å². The summed E-state index contributed by atoms with van der Waals surface area (Å²) in [5.41, 5.74) is 0. The second-order valence-electron chi connectivity index (χ2n) is 1.72. The zero-order chi connectivity index (χ0) is 8.27. The molecule has 0 bridgehead atoms. The first-order valence-electron chi connectivity index (χ1n) is 2.73. The number of cyclic esters (lactones) is 2. The molecular weight excluding hydrogens is 150 g/mol. The van der Waals surface area contributed by atoms with Crippen LogP contribution in [0.4, 0.5) is 0 Å². The molecule has 1 heterocycles. The van der Waals surface area contributed by atoms with E-state index in [0.29, 0.717) is 0 Å². The number of nitriles is 1. The number of hydrogen-bond acceptors (Lipinski definition) is 5. The lowest BCUT2D eigenvalue weighted by atomic mass is 10.4. The molecule has 1 saturated heterocycles. The summed E-state index contributed by atoms with van der Waals surface area (Å²) in [6.45, 7) is 0. The Morgan fingerprint density at radius 3 is 2.36 bits per heavy atom. The average Bonchev–Trinajstić information content (AvgIpc) is 1.85. The maximum absolute atomic E-state index is 10.5. The van der Waals surface area contributed by atoms with Gasteiger partial charge in [0.05, 0.1) is 12.1 Å². The van der Waals surface area contributed by atoms with Crippen LogP contribution in [0.3, 0.4) is 0 Å². The summed E-state index contributed by atoms with van der Waals surface area (Å²) in [6, 6.07) is 1.56. The molecule has 0 N–H and O–H groups in total. The van der Waals surface area contributed by atoms with Crippen LogP contribution in [0.1, 0.15) is 6.42 Å². The van der Waals surface area contributed by atoms with Crippen molar-refractivity contribution in [2.45, 2.75) is 6.42 Å². The molecule has 0 aliphatic carbocycles. The van der Waals surface area contributed by atoms with E-state index in [1.807, 2.05) is 0 Å². The molecule has 0 radical (unpaired) electrons. The summed E-state index contributed by atoms with van der Waals surface area (Å²) < 4.78 is 8.71. The smallest absolute Gasteiger partial charge is 0.324 e. The topological polar surface area (TPSA) is 76.4 Å². The third-order valence-corrected chi connectivity index (χ3v) is 0.900. The molecule has 1 aliphatic rings. The van der Waals surface area contributed by atoms with E-state index in [0.717, 1.165) is 6.08 Å². The highest BCUT2D eigenvalue weighted by Gasteiger charge is 2.23. The summed E-state index contributed by atoms with van der Waals surface area (Å²) in [6.07, 6.45) is 0.442. The van der Waals surface area contributed by atoms with Crippen LogP contribution in [0, 0.1) is 11.3 Å². The lowest BCUT2D eigenvalue weighted by Gasteiger charge is -2.11. The van der Waals surface area contributed by atoms with E-state index in [4.69, 9.17) is 5.26 Å². The number of hydrogen-bond donors (Lipinski definition) is 0. The zero-order valence-corrected chi connectivity index (χ0v) is 5.36. The molecular formula is C6H3NO4. The van der Waals surface area contributed by atoms with E-state index in [9.17, 15) is 9.59 Å². The number of carbonyl (C=O) groups is 2. The highest BCUT2D eigenvalue weighted by molar-refractivity contribution is 5.93. The van der Waals surface area contributed by atoms with E-state index in [-0.39, 0.29) is 5.95 Å². The fourth-order valence-electron chi connectivity index (χ4n) is 0.547. The standard InChI is InChI=1S/C6H3NO4/c7-2-1-6-10-4(8)3-5(9)11-6/h1H,3H2. The van der Waals surface area contributed by atoms with Gasteiger partial charge in [-0.1, -0.05) is 0 Å². The van der Waals surface area contributed by atoms with Gasteiger partial charge in [-0.2, -0.15) is 5.26 Å². The quantitative estimate of drug-likeness (QED) is 0.274. The Balaban J connectivity index is 2.73. The van der Waals surface area contributed by atoms with Crippen LogP contribution in [0.2, 0.25) is 0 Å². The van der Waals surface area contributed by atoms with Crippen molar-refractivity contribution in [3.8, 4) is 6.07 Å². The molecule has 0 unspecified atom stereocenters. The Labute approximate surface area is 61.8 Å². The molecule has 11 heavy (non-hydrogen) atoms. The van der Waals surface area contributed by atoms with Gasteiger partial charge in [-0.15, -0.1) is 0 Å². The van der Waals surface area contributed by atoms with E-state index < -0.39 is 18.4 Å². The maximum atomic E-state index is 10.5. The van der Waals surface area contributed by atoms with Crippen LogP contribution in [0.5, 0.6) is 0 Å². The minimum atomic E-state index is -0.706. The Hall–Kier alpha value is -1.83. The fourth-order valence-corrected chi connectivity index (χ4v) is 0.547. The molecule has 1 aliphatic heterocycles. The summed E-state index contributed by atoms with van der Waals surface area (Å²) in [5, 5.41) is 8.08. The monoisotopic (exact) mass is 153 g/mol. The van der Waals surface area contributed by atoms with Crippen molar-refractivity contribution in [1.82, 2.24) is 0 Å². The number of carbonyl (C=O) groups excluding carboxylic acids is 2.